The highest BCUT2D eigenvalue weighted by Crippen LogP contribution is 2.33. The van der Waals surface area contributed by atoms with Crippen molar-refractivity contribution in [2.45, 2.75) is 43.4 Å². The van der Waals surface area contributed by atoms with Gasteiger partial charge in [0.15, 0.2) is 0 Å². The van der Waals surface area contributed by atoms with Crippen LogP contribution in [0.2, 0.25) is 0 Å². The van der Waals surface area contributed by atoms with E-state index >= 15 is 0 Å². The first kappa shape index (κ1) is 18.9. The lowest BCUT2D eigenvalue weighted by molar-refractivity contribution is 0.329. The fourth-order valence-corrected chi connectivity index (χ4v) is 5.67. The largest absolute Gasteiger partial charge is 0.382 e. The van der Waals surface area contributed by atoms with Crippen molar-refractivity contribution in [2.24, 2.45) is 0 Å². The highest BCUT2D eigenvalue weighted by molar-refractivity contribution is 7.90. The Morgan fingerprint density at radius 1 is 1.25 bits per heavy atom. The number of aromatic nitrogens is 1. The third-order valence-electron chi connectivity index (χ3n) is 5.48. The number of hydrogen-bond donors (Lipinski definition) is 1. The fourth-order valence-electron chi connectivity index (χ4n) is 3.80. The summed E-state index contributed by atoms with van der Waals surface area (Å²) in [6, 6.07) is 8.48. The second kappa shape index (κ2) is 7.90. The van der Waals surface area contributed by atoms with E-state index in [1.54, 1.807) is 10.5 Å². The molecule has 6 nitrogen and oxygen atoms in total. The van der Waals surface area contributed by atoms with Crippen LogP contribution in [-0.2, 0) is 16.4 Å². The Morgan fingerprint density at radius 3 is 2.75 bits per heavy atom. The van der Waals surface area contributed by atoms with Gasteiger partial charge in [-0.2, -0.15) is 5.26 Å². The monoisotopic (exact) mass is 396 g/mol. The smallest absolute Gasteiger partial charge is 0.216 e. The molecule has 146 valence electrons. The van der Waals surface area contributed by atoms with Crippen molar-refractivity contribution in [2.75, 3.05) is 18.4 Å². The van der Waals surface area contributed by atoms with Gasteiger partial charge >= 0.3 is 0 Å². The molecule has 2 heterocycles. The van der Waals surface area contributed by atoms with Crippen LogP contribution in [0.1, 0.15) is 31.2 Å². The second-order valence-corrected chi connectivity index (χ2v) is 9.75. The fraction of sp³-hybridized carbons (Fsp3) is 0.429. The Labute approximate surface area is 165 Å². The molecule has 0 amide bonds. The quantitative estimate of drug-likeness (QED) is 0.758. The van der Waals surface area contributed by atoms with Gasteiger partial charge in [-0.15, -0.1) is 0 Å². The first-order valence-corrected chi connectivity index (χ1v) is 11.2. The Bertz CT molecular complexity index is 1030. The van der Waals surface area contributed by atoms with Crippen molar-refractivity contribution in [3.05, 3.63) is 48.3 Å². The number of pyridine rings is 1. The number of anilines is 1. The van der Waals surface area contributed by atoms with Gasteiger partial charge in [-0.1, -0.05) is 12.1 Å². The summed E-state index contributed by atoms with van der Waals surface area (Å²) in [6.07, 6.45) is 10.9. The molecule has 1 N–H and O–H groups in total. The van der Waals surface area contributed by atoms with Crippen molar-refractivity contribution < 1.29 is 8.42 Å². The molecule has 1 aliphatic heterocycles. The molecular weight excluding hydrogens is 372 g/mol. The molecule has 2 fully saturated rings. The lowest BCUT2D eigenvalue weighted by atomic mass is 10.0. The number of sulfonamides is 1. The van der Waals surface area contributed by atoms with Crippen molar-refractivity contribution in [1.29, 1.82) is 5.26 Å². The van der Waals surface area contributed by atoms with E-state index in [4.69, 9.17) is 5.26 Å². The summed E-state index contributed by atoms with van der Waals surface area (Å²) in [5, 5.41) is 14.4. The SMILES string of the molecule is N#C/C=C/Cc1cc(NC2CCN(S(=O)(=O)C3CC3)CC2)c2cnccc2c1. The van der Waals surface area contributed by atoms with Gasteiger partial charge in [0.2, 0.25) is 10.0 Å². The number of piperidine rings is 1. The maximum atomic E-state index is 12.4. The van der Waals surface area contributed by atoms with Gasteiger partial charge in [0, 0.05) is 48.7 Å². The molecule has 0 unspecified atom stereocenters. The minimum atomic E-state index is -3.08. The van der Waals surface area contributed by atoms with E-state index in [0.29, 0.717) is 19.5 Å². The van der Waals surface area contributed by atoms with Crippen LogP contribution in [0.25, 0.3) is 10.8 Å². The number of benzene rings is 1. The van der Waals surface area contributed by atoms with Gasteiger partial charge in [-0.05, 0) is 55.2 Å². The van der Waals surface area contributed by atoms with E-state index in [1.807, 2.05) is 24.4 Å². The molecule has 1 saturated heterocycles. The van der Waals surface area contributed by atoms with Crippen LogP contribution >= 0.6 is 0 Å². The Hall–Kier alpha value is -2.43. The number of allylic oxidation sites excluding steroid dienone is 2. The summed E-state index contributed by atoms with van der Waals surface area (Å²) < 4.78 is 26.5. The first-order valence-electron chi connectivity index (χ1n) is 9.74. The normalized spacial score (nSPS) is 19.1. The van der Waals surface area contributed by atoms with E-state index in [2.05, 4.69) is 22.4 Å². The Morgan fingerprint density at radius 2 is 2.04 bits per heavy atom. The molecule has 28 heavy (non-hydrogen) atoms. The third kappa shape index (κ3) is 4.03. The van der Waals surface area contributed by atoms with Gasteiger partial charge < -0.3 is 5.32 Å². The summed E-state index contributed by atoms with van der Waals surface area (Å²) >= 11 is 0. The van der Waals surface area contributed by atoms with E-state index in [-0.39, 0.29) is 11.3 Å². The highest BCUT2D eigenvalue weighted by Gasteiger charge is 2.41. The summed E-state index contributed by atoms with van der Waals surface area (Å²) in [5.41, 5.74) is 2.15. The minimum Gasteiger partial charge on any atom is -0.382 e. The number of nitrogens with one attached hydrogen (secondary N) is 1. The molecule has 1 saturated carbocycles. The number of fused-ring (bicyclic) bond motifs is 1. The molecule has 7 heteroatoms. The number of rotatable bonds is 6. The van der Waals surface area contributed by atoms with Gasteiger partial charge in [0.1, 0.15) is 0 Å². The maximum absolute atomic E-state index is 12.4. The number of nitrogens with zero attached hydrogens (tertiary/aromatic N) is 3. The van der Waals surface area contributed by atoms with Gasteiger partial charge in [-0.3, -0.25) is 4.98 Å². The highest BCUT2D eigenvalue weighted by atomic mass is 32.2. The van der Waals surface area contributed by atoms with Crippen LogP contribution in [0.5, 0.6) is 0 Å². The lowest BCUT2D eigenvalue weighted by Gasteiger charge is -2.32. The molecule has 4 rings (SSSR count). The van der Waals surface area contributed by atoms with Crippen molar-refractivity contribution in [3.8, 4) is 6.07 Å². The van der Waals surface area contributed by atoms with E-state index < -0.39 is 10.0 Å². The van der Waals surface area contributed by atoms with Crippen molar-refractivity contribution in [1.82, 2.24) is 9.29 Å². The van der Waals surface area contributed by atoms with Crippen molar-refractivity contribution in [3.63, 3.8) is 0 Å². The molecular formula is C21H24N4O2S. The average Bonchev–Trinajstić information content (AvgIpc) is 3.55. The van der Waals surface area contributed by atoms with Crippen LogP contribution in [0, 0.1) is 11.3 Å². The first-order chi connectivity index (χ1) is 13.6. The van der Waals surface area contributed by atoms with Gasteiger partial charge in [0.25, 0.3) is 0 Å². The second-order valence-electron chi connectivity index (χ2n) is 7.54. The average molecular weight is 397 g/mol. The minimum absolute atomic E-state index is 0.134. The maximum Gasteiger partial charge on any atom is 0.216 e. The Kier molecular flexibility index (Phi) is 5.33. The summed E-state index contributed by atoms with van der Waals surface area (Å²) in [7, 11) is -3.08. The number of hydrogen-bond acceptors (Lipinski definition) is 5. The predicted octanol–water partition coefficient (Wildman–Crippen LogP) is 3.23. The zero-order chi connectivity index (χ0) is 19.6. The summed E-state index contributed by atoms with van der Waals surface area (Å²) in [5.74, 6) is 0. The molecule has 1 aromatic carbocycles. The van der Waals surface area contributed by atoms with Crippen molar-refractivity contribution >= 4 is 26.5 Å². The molecule has 1 aromatic heterocycles. The topological polar surface area (TPSA) is 86.1 Å². The van der Waals surface area contributed by atoms with E-state index in [0.717, 1.165) is 47.7 Å². The van der Waals surface area contributed by atoms with Crippen LogP contribution in [0.15, 0.2) is 42.7 Å². The van der Waals surface area contributed by atoms with E-state index in [9.17, 15) is 8.42 Å². The van der Waals surface area contributed by atoms with Gasteiger partial charge in [0.05, 0.1) is 11.3 Å². The zero-order valence-corrected chi connectivity index (χ0v) is 16.5. The van der Waals surface area contributed by atoms with E-state index in [1.165, 1.54) is 6.08 Å². The summed E-state index contributed by atoms with van der Waals surface area (Å²) in [6.45, 7) is 1.16. The third-order valence-corrected chi connectivity index (χ3v) is 7.88. The summed E-state index contributed by atoms with van der Waals surface area (Å²) in [4.78, 5) is 4.26. The van der Waals surface area contributed by atoms with Crippen LogP contribution in [0.4, 0.5) is 5.69 Å². The molecule has 0 bridgehead atoms. The van der Waals surface area contributed by atoms with Crippen LogP contribution < -0.4 is 5.32 Å². The van der Waals surface area contributed by atoms with Crippen LogP contribution in [-0.4, -0.2) is 42.1 Å². The molecule has 1 aliphatic carbocycles. The molecule has 0 spiro atoms. The molecule has 0 atom stereocenters. The zero-order valence-electron chi connectivity index (χ0n) is 15.7. The molecule has 0 radical (unpaired) electrons. The molecule has 2 aliphatic rings. The lowest BCUT2D eigenvalue weighted by Crippen LogP contribution is -2.43. The predicted molar refractivity (Wildman–Crippen MR) is 110 cm³/mol. The number of nitriles is 1. The standard InChI is InChI=1S/C21H24N4O2S/c22-9-2-1-3-16-13-17-6-10-23-15-20(17)21(14-16)24-18-7-11-25(12-8-18)28(26,27)19-4-5-19/h1-2,6,10,13-15,18-19,24H,3-5,7-8,11-12H2/b2-1+. The van der Waals surface area contributed by atoms with Crippen LogP contribution in [0.3, 0.4) is 0 Å². The molecule has 2 aromatic rings. The van der Waals surface area contributed by atoms with Gasteiger partial charge in [-0.25, -0.2) is 12.7 Å². The Balaban J connectivity index is 1.50.